The number of carboxylic acids is 1. The van der Waals surface area contributed by atoms with Crippen molar-refractivity contribution < 1.29 is 27.1 Å². The molecule has 0 aliphatic rings. The molecule has 1 heterocycles. The van der Waals surface area contributed by atoms with Gasteiger partial charge in [-0.25, -0.2) is 22.6 Å². The fraction of sp³-hybridized carbons (Fsp3) is 0.0588. The van der Waals surface area contributed by atoms with Crippen LogP contribution in [0.5, 0.6) is 0 Å². The van der Waals surface area contributed by atoms with Gasteiger partial charge in [0.1, 0.15) is 17.8 Å². The molecule has 26 heavy (non-hydrogen) atoms. The first-order chi connectivity index (χ1) is 12.3. The molecule has 0 aliphatic carbocycles. The first kappa shape index (κ1) is 17.6. The highest BCUT2D eigenvalue weighted by molar-refractivity contribution is 7.92. The molecule has 0 radical (unpaired) electrons. The van der Waals surface area contributed by atoms with Gasteiger partial charge in [-0.1, -0.05) is 12.1 Å². The Labute approximate surface area is 148 Å². The third kappa shape index (κ3) is 3.57. The fourth-order valence-electron chi connectivity index (χ4n) is 2.29. The predicted molar refractivity (Wildman–Crippen MR) is 90.8 cm³/mol. The lowest BCUT2D eigenvalue weighted by Crippen LogP contribution is -2.15. The van der Waals surface area contributed by atoms with Gasteiger partial charge in [-0.3, -0.25) is 4.72 Å². The van der Waals surface area contributed by atoms with E-state index in [1.165, 1.54) is 18.4 Å². The molecule has 3 rings (SSSR count). The van der Waals surface area contributed by atoms with Gasteiger partial charge in [0.25, 0.3) is 10.0 Å². The van der Waals surface area contributed by atoms with E-state index in [2.05, 4.69) is 9.71 Å². The maximum absolute atomic E-state index is 13.2. The summed E-state index contributed by atoms with van der Waals surface area (Å²) in [6.45, 7) is 1.69. The van der Waals surface area contributed by atoms with Gasteiger partial charge in [0.05, 0.1) is 16.1 Å². The number of hydrogen-bond donors (Lipinski definition) is 2. The van der Waals surface area contributed by atoms with Gasteiger partial charge in [0, 0.05) is 12.5 Å². The number of hydrogen-bond acceptors (Lipinski definition) is 5. The quantitative estimate of drug-likeness (QED) is 0.707. The molecule has 0 saturated heterocycles. The monoisotopic (exact) mass is 376 g/mol. The zero-order valence-corrected chi connectivity index (χ0v) is 14.2. The number of aromatic carboxylic acids is 1. The van der Waals surface area contributed by atoms with Gasteiger partial charge in [0.2, 0.25) is 0 Å². The first-order valence-electron chi connectivity index (χ1n) is 7.34. The van der Waals surface area contributed by atoms with Crippen molar-refractivity contribution in [2.75, 3.05) is 4.72 Å². The summed E-state index contributed by atoms with van der Waals surface area (Å²) in [6.07, 6.45) is 1.45. The zero-order chi connectivity index (χ0) is 18.9. The molecular weight excluding hydrogens is 363 g/mol. The maximum atomic E-state index is 13.2. The summed E-state index contributed by atoms with van der Waals surface area (Å²) in [5.74, 6) is -1.74. The van der Waals surface area contributed by atoms with Crippen molar-refractivity contribution in [3.8, 4) is 11.3 Å². The number of rotatable bonds is 5. The number of aryl methyl sites for hydroxylation is 1. The highest BCUT2D eigenvalue weighted by Gasteiger charge is 2.19. The maximum Gasteiger partial charge on any atom is 0.337 e. The van der Waals surface area contributed by atoms with Crippen LogP contribution in [-0.4, -0.2) is 24.5 Å². The van der Waals surface area contributed by atoms with Crippen LogP contribution in [0, 0.1) is 12.7 Å². The molecule has 0 saturated carbocycles. The lowest BCUT2D eigenvalue weighted by Gasteiger charge is -2.11. The molecule has 0 spiro atoms. The van der Waals surface area contributed by atoms with Crippen molar-refractivity contribution in [1.29, 1.82) is 0 Å². The summed E-state index contributed by atoms with van der Waals surface area (Å²) in [4.78, 5) is 15.2. The number of oxazole rings is 1. The number of nitrogens with one attached hydrogen (secondary N) is 1. The van der Waals surface area contributed by atoms with E-state index in [9.17, 15) is 17.6 Å². The van der Waals surface area contributed by atoms with E-state index in [1.54, 1.807) is 19.1 Å². The molecule has 0 amide bonds. The smallest absolute Gasteiger partial charge is 0.337 e. The van der Waals surface area contributed by atoms with E-state index in [4.69, 9.17) is 9.52 Å². The minimum Gasteiger partial charge on any atom is -0.478 e. The molecular formula is C17H13FN2O5S. The van der Waals surface area contributed by atoms with Crippen molar-refractivity contribution in [3.63, 3.8) is 0 Å². The Kier molecular flexibility index (Phi) is 4.47. The number of carbonyl (C=O) groups is 1. The number of halogens is 1. The number of aromatic nitrogens is 1. The summed E-state index contributed by atoms with van der Waals surface area (Å²) in [5, 5.41) is 9.10. The lowest BCUT2D eigenvalue weighted by molar-refractivity contribution is 0.0697. The topological polar surface area (TPSA) is 110 Å². The van der Waals surface area contributed by atoms with Gasteiger partial charge < -0.3 is 9.52 Å². The third-order valence-corrected chi connectivity index (χ3v) is 4.92. The second-order valence-electron chi connectivity index (χ2n) is 5.38. The third-order valence-electron chi connectivity index (χ3n) is 3.54. The number of anilines is 1. The fourth-order valence-corrected chi connectivity index (χ4v) is 3.37. The van der Waals surface area contributed by atoms with E-state index in [-0.39, 0.29) is 10.6 Å². The van der Waals surface area contributed by atoms with Gasteiger partial charge in [-0.15, -0.1) is 0 Å². The molecule has 0 unspecified atom stereocenters. The summed E-state index contributed by atoms with van der Waals surface area (Å²) < 4.78 is 45.5. The van der Waals surface area contributed by atoms with Crippen LogP contribution in [0.25, 0.3) is 11.3 Å². The lowest BCUT2D eigenvalue weighted by atomic mass is 10.2. The molecule has 0 atom stereocenters. The second-order valence-corrected chi connectivity index (χ2v) is 7.06. The van der Waals surface area contributed by atoms with Crippen molar-refractivity contribution in [3.05, 3.63) is 66.0 Å². The highest BCUT2D eigenvalue weighted by atomic mass is 32.2. The molecule has 2 aromatic carbocycles. The molecule has 1 aromatic heterocycles. The number of benzene rings is 2. The molecule has 0 fully saturated rings. The van der Waals surface area contributed by atoms with Crippen molar-refractivity contribution in [2.45, 2.75) is 11.8 Å². The van der Waals surface area contributed by atoms with Crippen LogP contribution >= 0.6 is 0 Å². The van der Waals surface area contributed by atoms with Gasteiger partial charge in [0.15, 0.2) is 5.89 Å². The summed E-state index contributed by atoms with van der Waals surface area (Å²) in [7, 11) is -4.06. The Morgan fingerprint density at radius 2 is 1.88 bits per heavy atom. The highest BCUT2D eigenvalue weighted by Crippen LogP contribution is 2.24. The predicted octanol–water partition coefficient (Wildman–Crippen LogP) is 3.29. The van der Waals surface area contributed by atoms with Crippen molar-refractivity contribution in [2.24, 2.45) is 0 Å². The minimum atomic E-state index is -4.06. The Hall–Kier alpha value is -3.20. The first-order valence-corrected chi connectivity index (χ1v) is 8.83. The molecule has 0 bridgehead atoms. The number of carboxylic acid groups (broad SMARTS) is 1. The van der Waals surface area contributed by atoms with Gasteiger partial charge in [-0.2, -0.15) is 0 Å². The van der Waals surface area contributed by atoms with Gasteiger partial charge >= 0.3 is 5.97 Å². The summed E-state index contributed by atoms with van der Waals surface area (Å²) in [6, 6.07) is 8.58. The van der Waals surface area contributed by atoms with E-state index in [1.807, 2.05) is 0 Å². The zero-order valence-electron chi connectivity index (χ0n) is 13.4. The van der Waals surface area contributed by atoms with E-state index >= 15 is 0 Å². The molecule has 3 aromatic rings. The average molecular weight is 376 g/mol. The van der Waals surface area contributed by atoms with Crippen molar-refractivity contribution in [1.82, 2.24) is 4.98 Å². The molecule has 7 nitrogen and oxygen atoms in total. The minimum absolute atomic E-state index is 0.0814. The van der Waals surface area contributed by atoms with Crippen LogP contribution in [-0.2, 0) is 10.0 Å². The largest absolute Gasteiger partial charge is 0.478 e. The van der Waals surface area contributed by atoms with Crippen LogP contribution in [0.3, 0.4) is 0 Å². The van der Waals surface area contributed by atoms with E-state index in [0.717, 1.165) is 18.2 Å². The van der Waals surface area contributed by atoms with Crippen LogP contribution < -0.4 is 4.72 Å². The second kappa shape index (κ2) is 6.60. The Morgan fingerprint density at radius 3 is 2.46 bits per heavy atom. The van der Waals surface area contributed by atoms with E-state index in [0.29, 0.717) is 17.1 Å². The molecule has 2 N–H and O–H groups in total. The standard InChI is InChI=1S/C17H13FN2O5S/c1-10-19-16(9-25-10)11-2-5-13(6-3-11)26(23,24)20-15-7-4-12(18)8-14(15)17(21)22/h2-9,20H,1H3,(H,21,22). The number of sulfonamides is 1. The molecule has 9 heteroatoms. The summed E-state index contributed by atoms with van der Waals surface area (Å²) in [5.41, 5.74) is 0.512. The molecule has 134 valence electrons. The van der Waals surface area contributed by atoms with Crippen LogP contribution in [0.2, 0.25) is 0 Å². The van der Waals surface area contributed by atoms with E-state index < -0.39 is 27.4 Å². The Morgan fingerprint density at radius 1 is 1.19 bits per heavy atom. The van der Waals surface area contributed by atoms with Crippen LogP contribution in [0.4, 0.5) is 10.1 Å². The van der Waals surface area contributed by atoms with Gasteiger partial charge in [-0.05, 0) is 30.3 Å². The average Bonchev–Trinajstić information content (AvgIpc) is 3.03. The van der Waals surface area contributed by atoms with Crippen LogP contribution in [0.1, 0.15) is 16.2 Å². The number of nitrogens with zero attached hydrogens (tertiary/aromatic N) is 1. The SMILES string of the molecule is Cc1nc(-c2ccc(S(=O)(=O)Nc3ccc(F)cc3C(=O)O)cc2)co1. The Bertz CT molecular complexity index is 1070. The summed E-state index contributed by atoms with van der Waals surface area (Å²) >= 11 is 0. The van der Waals surface area contributed by atoms with Crippen molar-refractivity contribution >= 4 is 21.7 Å². The Balaban J connectivity index is 1.90. The normalized spacial score (nSPS) is 11.3. The molecule has 0 aliphatic heterocycles. The van der Waals surface area contributed by atoms with Crippen LogP contribution in [0.15, 0.2) is 58.0 Å².